The number of halogens is 1. The van der Waals surface area contributed by atoms with Crippen molar-refractivity contribution in [3.63, 3.8) is 0 Å². The first kappa shape index (κ1) is 65.5. The second-order valence-electron chi connectivity index (χ2n) is 18.1. The van der Waals surface area contributed by atoms with E-state index in [1.807, 2.05) is 24.3 Å². The number of carbonyl (C=O) groups is 4. The zero-order valence-electron chi connectivity index (χ0n) is 43.6. The van der Waals surface area contributed by atoms with Crippen molar-refractivity contribution in [2.24, 2.45) is 0 Å². The standard InChI is InChI=1S/C21H18O6S.C16H36N.C14H8O3S.C7H10O3.CH4.BrH/c1-12(2)20(24)26-10-13(22)11-27-21(25)15-7-5-9-17-18(15)19(23)14-6-3-4-8-16(14)28-17;1-5-9-13-17(14-10-6-2,15-11-7-3)16-12-8-4;15-13-8-4-1-2-6-10(8)18-11-7-3-5-9(12(11)13)14(16)17;1-5(2)7(8)10-4-6-3-9-6;;/h3-9,13,22H,1,10-11H2,2H3;5-16H2,1-4H3;1-7H,(H,16,17);6H,1,3-4H2,2H3;1H4;1H/q;+1;;;;/p-1. The van der Waals surface area contributed by atoms with Crippen molar-refractivity contribution in [3.8, 4) is 0 Å². The Hall–Kier alpha value is -5.62. The van der Waals surface area contributed by atoms with Crippen LogP contribution < -0.4 is 27.8 Å². The Kier molecular flexibility index (Phi) is 29.2. The molecule has 7 rings (SSSR count). The van der Waals surface area contributed by atoms with Gasteiger partial charge in [0.05, 0.1) is 54.7 Å². The van der Waals surface area contributed by atoms with Gasteiger partial charge < -0.3 is 50.6 Å². The summed E-state index contributed by atoms with van der Waals surface area (Å²) >= 11 is 2.85. The van der Waals surface area contributed by atoms with Crippen molar-refractivity contribution in [2.45, 2.75) is 113 Å². The zero-order chi connectivity index (χ0) is 53.5. The Morgan fingerprint density at radius 1 is 0.627 bits per heavy atom. The molecule has 0 aliphatic carbocycles. The van der Waals surface area contributed by atoms with Crippen LogP contribution in [0.4, 0.5) is 0 Å². The van der Waals surface area contributed by atoms with Crippen LogP contribution in [0.3, 0.4) is 0 Å². The molecular weight excluding hydrogens is 1060 g/mol. The summed E-state index contributed by atoms with van der Waals surface area (Å²) in [6.07, 6.45) is 10.0. The predicted octanol–water partition coefficient (Wildman–Crippen LogP) is 9.31. The molecule has 1 aliphatic heterocycles. The van der Waals surface area contributed by atoms with Crippen LogP contribution in [0.25, 0.3) is 40.3 Å². The maximum Gasteiger partial charge on any atom is 0.339 e. The first-order chi connectivity index (χ1) is 35.0. The van der Waals surface area contributed by atoms with E-state index in [0.29, 0.717) is 49.7 Å². The van der Waals surface area contributed by atoms with Crippen LogP contribution in [-0.4, -0.2) is 103 Å². The van der Waals surface area contributed by atoms with E-state index in [4.69, 9.17) is 24.1 Å². The van der Waals surface area contributed by atoms with Crippen LogP contribution in [0.2, 0.25) is 0 Å². The molecule has 2 N–H and O–H groups in total. The molecule has 4 aromatic carbocycles. The van der Waals surface area contributed by atoms with Gasteiger partial charge in [-0.05, 0) is 88.1 Å². The average Bonchev–Trinajstić information content (AvgIpc) is 4.23. The van der Waals surface area contributed by atoms with Crippen molar-refractivity contribution in [1.29, 1.82) is 0 Å². The lowest BCUT2D eigenvalue weighted by Crippen LogP contribution is -3.00. The third kappa shape index (κ3) is 20.1. The first-order valence-electron chi connectivity index (χ1n) is 25.1. The molecule has 3 heterocycles. The molecule has 408 valence electrons. The van der Waals surface area contributed by atoms with Crippen LogP contribution in [-0.2, 0) is 28.5 Å². The highest BCUT2D eigenvalue weighted by atomic mass is 79.9. The number of rotatable bonds is 22. The molecule has 0 radical (unpaired) electrons. The number of hydrogen-bond donors (Lipinski definition) is 2. The smallest absolute Gasteiger partial charge is 0.339 e. The van der Waals surface area contributed by atoms with Gasteiger partial charge in [0.25, 0.3) is 0 Å². The number of ether oxygens (including phenoxy) is 4. The van der Waals surface area contributed by atoms with E-state index in [0.717, 1.165) is 9.40 Å². The molecule has 6 aromatic rings. The third-order valence-corrected chi connectivity index (χ3v) is 14.2. The highest BCUT2D eigenvalue weighted by Crippen LogP contribution is 2.28. The van der Waals surface area contributed by atoms with E-state index in [2.05, 4.69) is 40.9 Å². The lowest BCUT2D eigenvalue weighted by Gasteiger charge is -2.39. The predicted molar refractivity (Wildman–Crippen MR) is 302 cm³/mol. The maximum atomic E-state index is 12.9. The van der Waals surface area contributed by atoms with Gasteiger partial charge in [0.1, 0.15) is 32.0 Å². The second kappa shape index (κ2) is 33.4. The molecular formula is C59H76BrNO12S2. The highest BCUT2D eigenvalue weighted by Gasteiger charge is 2.26. The minimum atomic E-state index is -1.18. The van der Waals surface area contributed by atoms with E-state index in [9.17, 15) is 33.9 Å². The van der Waals surface area contributed by atoms with Crippen LogP contribution in [0, 0.1) is 0 Å². The van der Waals surface area contributed by atoms with Gasteiger partial charge in [0.2, 0.25) is 0 Å². The number of aromatic carboxylic acids is 1. The maximum absolute atomic E-state index is 12.9. The molecule has 2 atom stereocenters. The Bertz CT molecular complexity index is 2930. The van der Waals surface area contributed by atoms with Crippen LogP contribution in [0.15, 0.2) is 119 Å². The van der Waals surface area contributed by atoms with Crippen molar-refractivity contribution < 1.29 is 69.8 Å². The van der Waals surface area contributed by atoms with E-state index in [1.54, 1.807) is 55.5 Å². The van der Waals surface area contributed by atoms with E-state index >= 15 is 0 Å². The number of aliphatic hydroxyl groups is 1. The van der Waals surface area contributed by atoms with Crippen molar-refractivity contribution in [3.05, 3.63) is 141 Å². The number of carboxylic acid groups (broad SMARTS) is 1. The van der Waals surface area contributed by atoms with Crippen molar-refractivity contribution in [1.82, 2.24) is 0 Å². The van der Waals surface area contributed by atoms with Gasteiger partial charge in [-0.15, -0.1) is 22.7 Å². The van der Waals surface area contributed by atoms with Gasteiger partial charge in [-0.1, -0.05) is 110 Å². The summed E-state index contributed by atoms with van der Waals surface area (Å²) in [4.78, 5) is 70.9. The molecule has 0 amide bonds. The number of quaternary nitrogens is 1. The number of benzene rings is 4. The minimum Gasteiger partial charge on any atom is -1.00 e. The monoisotopic (exact) mass is 1130 g/mol. The van der Waals surface area contributed by atoms with Gasteiger partial charge in [-0.25, -0.2) is 19.2 Å². The molecule has 1 fully saturated rings. The number of nitrogens with zero attached hydrogens (tertiary/aromatic N) is 1. The number of aliphatic hydroxyl groups excluding tert-OH is 1. The third-order valence-electron chi connectivity index (χ3n) is 11.9. The summed E-state index contributed by atoms with van der Waals surface area (Å²) in [5.41, 5.74) is 0.386. The van der Waals surface area contributed by atoms with Gasteiger partial charge in [0, 0.05) is 40.7 Å². The lowest BCUT2D eigenvalue weighted by atomic mass is 10.1. The summed E-state index contributed by atoms with van der Waals surface area (Å²) in [6, 6.07) is 24.3. The normalized spacial score (nSPS) is 12.7. The number of hydrogen-bond acceptors (Lipinski definition) is 13. The average molecular weight is 1140 g/mol. The molecule has 0 spiro atoms. The summed E-state index contributed by atoms with van der Waals surface area (Å²) < 4.78 is 24.0. The fraction of sp³-hybridized carbons (Fsp3) is 0.424. The molecule has 2 aromatic heterocycles. The van der Waals surface area contributed by atoms with E-state index in [1.165, 1.54) is 124 Å². The summed E-state index contributed by atoms with van der Waals surface area (Å²) in [6.45, 7) is 25.4. The fourth-order valence-electron chi connectivity index (χ4n) is 7.74. The SMILES string of the molecule is C.C=C(C)C(=O)OCC(O)COC(=O)c1cccc2sc3ccccc3c(=O)c12.C=C(C)C(=O)OCC1CO1.CCCC[N+](CCCC)(CCCC)CCCC.O=C(O)c1cccc2sc3ccccc3c(=O)c12.[Br-]. The Morgan fingerprint density at radius 2 is 1.01 bits per heavy atom. The molecule has 75 heavy (non-hydrogen) atoms. The molecule has 1 saturated heterocycles. The second-order valence-corrected chi connectivity index (χ2v) is 20.3. The highest BCUT2D eigenvalue weighted by molar-refractivity contribution is 7.25. The molecule has 0 saturated carbocycles. The summed E-state index contributed by atoms with van der Waals surface area (Å²) in [5.74, 6) is -2.77. The van der Waals surface area contributed by atoms with Crippen molar-refractivity contribution in [2.75, 3.05) is 52.6 Å². The van der Waals surface area contributed by atoms with Crippen LogP contribution in [0.1, 0.15) is 121 Å². The van der Waals surface area contributed by atoms with Crippen molar-refractivity contribution >= 4 is 86.9 Å². The number of esters is 3. The number of carboxylic acids is 1. The Morgan fingerprint density at radius 3 is 1.43 bits per heavy atom. The van der Waals surface area contributed by atoms with Gasteiger partial charge in [-0.3, -0.25) is 9.59 Å². The van der Waals surface area contributed by atoms with Gasteiger partial charge in [0.15, 0.2) is 10.9 Å². The topological polar surface area (TPSA) is 183 Å². The number of carbonyl (C=O) groups excluding carboxylic acids is 3. The lowest BCUT2D eigenvalue weighted by molar-refractivity contribution is -0.929. The molecule has 16 heteroatoms. The Balaban J connectivity index is 0.000000359. The van der Waals surface area contributed by atoms with E-state index < -0.39 is 24.0 Å². The fourth-order valence-corrected chi connectivity index (χ4v) is 9.95. The molecule has 2 unspecified atom stereocenters. The van der Waals surface area contributed by atoms with Gasteiger partial charge in [-0.2, -0.15) is 0 Å². The quantitative estimate of drug-likeness (QED) is 0.0164. The largest absolute Gasteiger partial charge is 1.00 e. The molecule has 0 bridgehead atoms. The van der Waals surface area contributed by atoms with Gasteiger partial charge >= 0.3 is 23.9 Å². The molecule has 1 aliphatic rings. The number of fused-ring (bicyclic) bond motifs is 4. The number of epoxide rings is 1. The number of unbranched alkanes of at least 4 members (excludes halogenated alkanes) is 4. The van der Waals surface area contributed by atoms with Crippen LogP contribution in [0.5, 0.6) is 0 Å². The van der Waals surface area contributed by atoms with Crippen LogP contribution >= 0.6 is 22.7 Å². The van der Waals surface area contributed by atoms with E-state index in [-0.39, 0.29) is 77.3 Å². The summed E-state index contributed by atoms with van der Waals surface area (Å²) in [5, 5.41) is 20.7. The molecule has 13 nitrogen and oxygen atoms in total. The zero-order valence-corrected chi connectivity index (χ0v) is 46.8. The first-order valence-corrected chi connectivity index (χ1v) is 26.7. The summed E-state index contributed by atoms with van der Waals surface area (Å²) in [7, 11) is 0. The Labute approximate surface area is 460 Å². The minimum absolute atomic E-state index is 0.